The molecule has 0 atom stereocenters. The van der Waals surface area contributed by atoms with Gasteiger partial charge >= 0.3 is 0 Å². The zero-order valence-corrected chi connectivity index (χ0v) is 9.24. The third-order valence-corrected chi connectivity index (χ3v) is 2.49. The van der Waals surface area contributed by atoms with Gasteiger partial charge in [-0.3, -0.25) is 9.52 Å². The first-order valence-corrected chi connectivity index (χ1v) is 6.35. The number of hydrogen-bond acceptors (Lipinski definition) is 4. The number of para-hydroxylation sites is 1. The second kappa shape index (κ2) is 3.64. The number of anilines is 1. The van der Waals surface area contributed by atoms with E-state index in [4.69, 9.17) is 4.42 Å². The number of fused-ring (bicyclic) bond motifs is 1. The molecule has 16 heavy (non-hydrogen) atoms. The standard InChI is InChI=1S/C10H9NO4S/c1-16(13,14)11-10-6-8(12)7-4-2-3-5-9(7)15-10/h2-6,11H,1H3. The van der Waals surface area contributed by atoms with Crippen LogP contribution in [0.2, 0.25) is 0 Å². The lowest BCUT2D eigenvalue weighted by molar-refractivity contribution is 0.596. The van der Waals surface area contributed by atoms with Gasteiger partial charge in [0.05, 0.1) is 11.6 Å². The second-order valence-electron chi connectivity index (χ2n) is 3.35. The highest BCUT2D eigenvalue weighted by Gasteiger charge is 2.07. The van der Waals surface area contributed by atoms with Gasteiger partial charge in [-0.15, -0.1) is 0 Å². The van der Waals surface area contributed by atoms with E-state index in [1.54, 1.807) is 24.3 Å². The molecule has 0 aliphatic heterocycles. The van der Waals surface area contributed by atoms with Crippen LogP contribution in [0.1, 0.15) is 0 Å². The van der Waals surface area contributed by atoms with E-state index in [9.17, 15) is 13.2 Å². The summed E-state index contributed by atoms with van der Waals surface area (Å²) in [7, 11) is -3.45. The largest absolute Gasteiger partial charge is 0.439 e. The van der Waals surface area contributed by atoms with Crippen LogP contribution in [0.3, 0.4) is 0 Å². The van der Waals surface area contributed by atoms with Crippen LogP contribution in [-0.4, -0.2) is 14.7 Å². The molecule has 2 rings (SSSR count). The van der Waals surface area contributed by atoms with Crippen molar-refractivity contribution in [1.29, 1.82) is 0 Å². The SMILES string of the molecule is CS(=O)(=O)Nc1cc(=O)c2ccccc2o1. The van der Waals surface area contributed by atoms with Gasteiger partial charge in [-0.05, 0) is 12.1 Å². The molecular weight excluding hydrogens is 230 g/mol. The summed E-state index contributed by atoms with van der Waals surface area (Å²) in [5.41, 5.74) is 0.0640. The van der Waals surface area contributed by atoms with E-state index in [0.29, 0.717) is 11.0 Å². The summed E-state index contributed by atoms with van der Waals surface area (Å²) in [6, 6.07) is 7.75. The summed E-state index contributed by atoms with van der Waals surface area (Å²) in [5, 5.41) is 0.418. The summed E-state index contributed by atoms with van der Waals surface area (Å²) in [6.45, 7) is 0. The van der Waals surface area contributed by atoms with Crippen LogP contribution in [0.4, 0.5) is 5.88 Å². The molecule has 1 aromatic carbocycles. The Morgan fingerprint density at radius 2 is 1.94 bits per heavy atom. The smallest absolute Gasteiger partial charge is 0.232 e. The third kappa shape index (κ3) is 2.22. The molecule has 0 aliphatic rings. The fourth-order valence-electron chi connectivity index (χ4n) is 1.34. The molecule has 0 amide bonds. The lowest BCUT2D eigenvalue weighted by atomic mass is 10.2. The Bertz CT molecular complexity index is 687. The average Bonchev–Trinajstić information content (AvgIpc) is 2.15. The summed E-state index contributed by atoms with van der Waals surface area (Å²) in [4.78, 5) is 11.6. The molecule has 1 aromatic heterocycles. The van der Waals surface area contributed by atoms with Crippen molar-refractivity contribution in [3.63, 3.8) is 0 Å². The molecule has 1 N–H and O–H groups in total. The number of rotatable bonds is 2. The summed E-state index contributed by atoms with van der Waals surface area (Å²) < 4.78 is 29.3. The highest BCUT2D eigenvalue weighted by molar-refractivity contribution is 7.92. The maximum atomic E-state index is 11.6. The van der Waals surface area contributed by atoms with Crippen molar-refractivity contribution < 1.29 is 12.8 Å². The third-order valence-electron chi connectivity index (χ3n) is 1.92. The molecule has 6 heteroatoms. The Morgan fingerprint density at radius 3 is 2.62 bits per heavy atom. The maximum Gasteiger partial charge on any atom is 0.232 e. The van der Waals surface area contributed by atoms with Crippen molar-refractivity contribution in [1.82, 2.24) is 0 Å². The van der Waals surface area contributed by atoms with E-state index in [0.717, 1.165) is 12.3 Å². The van der Waals surface area contributed by atoms with Crippen molar-refractivity contribution in [2.45, 2.75) is 0 Å². The van der Waals surface area contributed by atoms with Crippen molar-refractivity contribution in [3.05, 3.63) is 40.6 Å². The van der Waals surface area contributed by atoms with Gasteiger partial charge in [0.1, 0.15) is 5.58 Å². The van der Waals surface area contributed by atoms with Crippen LogP contribution in [0, 0.1) is 0 Å². The van der Waals surface area contributed by atoms with Gasteiger partial charge in [0, 0.05) is 6.07 Å². The van der Waals surface area contributed by atoms with E-state index in [2.05, 4.69) is 4.72 Å². The van der Waals surface area contributed by atoms with Crippen molar-refractivity contribution >= 4 is 26.9 Å². The molecule has 0 unspecified atom stereocenters. The van der Waals surface area contributed by atoms with Crippen LogP contribution >= 0.6 is 0 Å². The maximum absolute atomic E-state index is 11.6. The minimum atomic E-state index is -3.45. The quantitative estimate of drug-likeness (QED) is 0.853. The predicted molar refractivity (Wildman–Crippen MR) is 61.0 cm³/mol. The molecule has 0 fully saturated rings. The van der Waals surface area contributed by atoms with Gasteiger partial charge in [0.2, 0.25) is 15.9 Å². The summed E-state index contributed by atoms with van der Waals surface area (Å²) in [6.07, 6.45) is 0.988. The van der Waals surface area contributed by atoms with E-state index in [1.165, 1.54) is 0 Å². The first kappa shape index (κ1) is 10.7. The molecule has 0 spiro atoms. The number of sulfonamides is 1. The van der Waals surface area contributed by atoms with E-state index in [-0.39, 0.29) is 11.3 Å². The van der Waals surface area contributed by atoms with Crippen LogP contribution in [0.15, 0.2) is 39.5 Å². The second-order valence-corrected chi connectivity index (χ2v) is 5.09. The Kier molecular flexibility index (Phi) is 2.43. The number of hydrogen-bond donors (Lipinski definition) is 1. The summed E-state index contributed by atoms with van der Waals surface area (Å²) in [5.74, 6) is -0.0776. The molecule has 0 aliphatic carbocycles. The first-order chi connectivity index (χ1) is 7.46. The Balaban J connectivity index is 2.63. The van der Waals surface area contributed by atoms with Crippen LogP contribution in [-0.2, 0) is 10.0 Å². The number of benzene rings is 1. The zero-order valence-electron chi connectivity index (χ0n) is 8.43. The van der Waals surface area contributed by atoms with Crippen molar-refractivity contribution in [3.8, 4) is 0 Å². The molecule has 1 heterocycles. The Morgan fingerprint density at radius 1 is 1.25 bits per heavy atom. The minimum absolute atomic E-state index is 0.0776. The zero-order chi connectivity index (χ0) is 11.8. The number of nitrogens with one attached hydrogen (secondary N) is 1. The highest BCUT2D eigenvalue weighted by Crippen LogP contribution is 2.15. The molecule has 0 saturated heterocycles. The first-order valence-electron chi connectivity index (χ1n) is 4.46. The van der Waals surface area contributed by atoms with E-state index in [1.807, 2.05) is 0 Å². The van der Waals surface area contributed by atoms with Gasteiger partial charge in [-0.1, -0.05) is 12.1 Å². The van der Waals surface area contributed by atoms with Gasteiger partial charge in [0.15, 0.2) is 5.43 Å². The topological polar surface area (TPSA) is 76.4 Å². The van der Waals surface area contributed by atoms with Crippen molar-refractivity contribution in [2.75, 3.05) is 11.0 Å². The Hall–Kier alpha value is -1.82. The molecular formula is C10H9NO4S. The van der Waals surface area contributed by atoms with Gasteiger partial charge in [-0.25, -0.2) is 8.42 Å². The average molecular weight is 239 g/mol. The van der Waals surface area contributed by atoms with Gasteiger partial charge in [0.25, 0.3) is 0 Å². The molecule has 0 saturated carbocycles. The van der Waals surface area contributed by atoms with Gasteiger partial charge in [-0.2, -0.15) is 0 Å². The monoisotopic (exact) mass is 239 g/mol. The minimum Gasteiger partial charge on any atom is -0.439 e. The lowest BCUT2D eigenvalue weighted by Gasteiger charge is -2.03. The predicted octanol–water partition coefficient (Wildman–Crippen LogP) is 1.16. The van der Waals surface area contributed by atoms with Crippen molar-refractivity contribution in [2.24, 2.45) is 0 Å². The van der Waals surface area contributed by atoms with Crippen LogP contribution < -0.4 is 10.2 Å². The molecule has 0 bridgehead atoms. The highest BCUT2D eigenvalue weighted by atomic mass is 32.2. The molecule has 84 valence electrons. The normalized spacial score (nSPS) is 11.6. The molecule has 2 aromatic rings. The lowest BCUT2D eigenvalue weighted by Crippen LogP contribution is -2.11. The van der Waals surface area contributed by atoms with Crippen LogP contribution in [0.25, 0.3) is 11.0 Å². The van der Waals surface area contributed by atoms with E-state index < -0.39 is 10.0 Å². The fraction of sp³-hybridized carbons (Fsp3) is 0.100. The Labute approximate surface area is 91.8 Å². The molecule has 5 nitrogen and oxygen atoms in total. The fourth-order valence-corrected chi connectivity index (χ4v) is 1.80. The van der Waals surface area contributed by atoms with E-state index >= 15 is 0 Å². The van der Waals surface area contributed by atoms with Gasteiger partial charge < -0.3 is 4.42 Å². The van der Waals surface area contributed by atoms with Crippen LogP contribution in [0.5, 0.6) is 0 Å². The summed E-state index contributed by atoms with van der Waals surface area (Å²) >= 11 is 0. The molecule has 0 radical (unpaired) electrons.